The first kappa shape index (κ1) is 14.5. The SMILES string of the molecule is CO[C@@H](C)c1ncc(C#C[C@H]2CCN(C)C2)cc1Br. The van der Waals surface area contributed by atoms with Gasteiger partial charge in [-0.25, -0.2) is 0 Å². The Labute approximate surface area is 123 Å². The molecule has 0 amide bonds. The number of likely N-dealkylation sites (tertiary alicyclic amines) is 1. The van der Waals surface area contributed by atoms with E-state index in [4.69, 9.17) is 4.74 Å². The van der Waals surface area contributed by atoms with Crippen LogP contribution < -0.4 is 0 Å². The molecule has 0 aliphatic carbocycles. The number of rotatable bonds is 2. The lowest BCUT2D eigenvalue weighted by molar-refractivity contribution is 0.115. The molecule has 102 valence electrons. The normalized spacial score (nSPS) is 20.9. The van der Waals surface area contributed by atoms with Crippen LogP contribution in [-0.4, -0.2) is 37.1 Å². The predicted molar refractivity (Wildman–Crippen MR) is 79.8 cm³/mol. The molecule has 3 nitrogen and oxygen atoms in total. The highest BCUT2D eigenvalue weighted by molar-refractivity contribution is 9.10. The molecule has 0 saturated carbocycles. The summed E-state index contributed by atoms with van der Waals surface area (Å²) in [5, 5.41) is 0. The van der Waals surface area contributed by atoms with Gasteiger partial charge < -0.3 is 9.64 Å². The molecule has 19 heavy (non-hydrogen) atoms. The largest absolute Gasteiger partial charge is 0.375 e. The molecule has 0 bridgehead atoms. The number of hydrogen-bond donors (Lipinski definition) is 0. The van der Waals surface area contributed by atoms with E-state index in [1.165, 1.54) is 0 Å². The second-order valence-corrected chi connectivity index (χ2v) is 5.84. The molecule has 0 aromatic carbocycles. The maximum Gasteiger partial charge on any atom is 0.0974 e. The Kier molecular flexibility index (Phi) is 4.98. The van der Waals surface area contributed by atoms with E-state index in [-0.39, 0.29) is 6.10 Å². The molecule has 4 heteroatoms. The fraction of sp³-hybridized carbons (Fsp3) is 0.533. The zero-order valence-corrected chi connectivity index (χ0v) is 13.2. The minimum atomic E-state index is -0.0140. The van der Waals surface area contributed by atoms with Gasteiger partial charge in [-0.05, 0) is 48.9 Å². The maximum atomic E-state index is 5.28. The van der Waals surface area contributed by atoms with Crippen LogP contribution in [0.4, 0.5) is 0 Å². The number of aromatic nitrogens is 1. The third-order valence-corrected chi connectivity index (χ3v) is 4.06. The average molecular weight is 323 g/mol. The van der Waals surface area contributed by atoms with Gasteiger partial charge in [-0.15, -0.1) is 0 Å². The molecule has 0 N–H and O–H groups in total. The first-order valence-corrected chi connectivity index (χ1v) is 7.27. The Morgan fingerprint density at radius 3 is 2.95 bits per heavy atom. The van der Waals surface area contributed by atoms with Crippen LogP contribution in [0, 0.1) is 17.8 Å². The molecule has 0 unspecified atom stereocenters. The monoisotopic (exact) mass is 322 g/mol. The number of halogens is 1. The highest BCUT2D eigenvalue weighted by Gasteiger charge is 2.16. The quantitative estimate of drug-likeness (QED) is 0.783. The van der Waals surface area contributed by atoms with E-state index >= 15 is 0 Å². The van der Waals surface area contributed by atoms with Crippen LogP contribution in [0.2, 0.25) is 0 Å². The topological polar surface area (TPSA) is 25.4 Å². The second kappa shape index (κ2) is 6.51. The summed E-state index contributed by atoms with van der Waals surface area (Å²) in [5.41, 5.74) is 1.86. The first-order valence-electron chi connectivity index (χ1n) is 6.48. The molecule has 0 spiro atoms. The Hall–Kier alpha value is -0.890. The summed E-state index contributed by atoms with van der Waals surface area (Å²) in [6.07, 6.45) is 2.97. The van der Waals surface area contributed by atoms with Crippen LogP contribution in [0.5, 0.6) is 0 Å². The van der Waals surface area contributed by atoms with E-state index < -0.39 is 0 Å². The Morgan fingerprint density at radius 1 is 1.58 bits per heavy atom. The third kappa shape index (κ3) is 3.79. The van der Waals surface area contributed by atoms with Crippen molar-refractivity contribution in [2.75, 3.05) is 27.2 Å². The average Bonchev–Trinajstić information content (AvgIpc) is 2.81. The second-order valence-electron chi connectivity index (χ2n) is 4.99. The van der Waals surface area contributed by atoms with E-state index in [2.05, 4.69) is 44.7 Å². The zero-order valence-electron chi connectivity index (χ0n) is 11.6. The predicted octanol–water partition coefficient (Wildman–Crippen LogP) is 2.85. The van der Waals surface area contributed by atoms with Crippen LogP contribution in [-0.2, 0) is 4.74 Å². The number of ether oxygens (including phenoxy) is 1. The fourth-order valence-corrected chi connectivity index (χ4v) is 2.84. The van der Waals surface area contributed by atoms with Crippen LogP contribution in [0.3, 0.4) is 0 Å². The summed E-state index contributed by atoms with van der Waals surface area (Å²) in [5.74, 6) is 7.04. The molecule has 1 fully saturated rings. The third-order valence-electron chi connectivity index (χ3n) is 3.42. The lowest BCUT2D eigenvalue weighted by Gasteiger charge is -2.10. The van der Waals surface area contributed by atoms with Gasteiger partial charge in [0.05, 0.1) is 11.8 Å². The highest BCUT2D eigenvalue weighted by Crippen LogP contribution is 2.23. The van der Waals surface area contributed by atoms with Gasteiger partial charge in [0.15, 0.2) is 0 Å². The summed E-state index contributed by atoms with van der Waals surface area (Å²) in [6, 6.07) is 2.02. The minimum absolute atomic E-state index is 0.0140. The molecule has 2 rings (SSSR count). The van der Waals surface area contributed by atoms with Crippen molar-refractivity contribution in [1.29, 1.82) is 0 Å². The number of hydrogen-bond acceptors (Lipinski definition) is 3. The van der Waals surface area contributed by atoms with Gasteiger partial charge in [0.1, 0.15) is 0 Å². The molecule has 1 saturated heterocycles. The Bertz CT molecular complexity index is 507. The lowest BCUT2D eigenvalue weighted by atomic mass is 10.1. The highest BCUT2D eigenvalue weighted by atomic mass is 79.9. The van der Waals surface area contributed by atoms with E-state index in [1.807, 2.05) is 19.2 Å². The molecule has 2 atom stereocenters. The van der Waals surface area contributed by atoms with Crippen molar-refractivity contribution in [2.45, 2.75) is 19.4 Å². The molecule has 0 radical (unpaired) electrons. The summed E-state index contributed by atoms with van der Waals surface area (Å²) in [6.45, 7) is 4.19. The summed E-state index contributed by atoms with van der Waals surface area (Å²) in [4.78, 5) is 6.74. The van der Waals surface area contributed by atoms with Crippen LogP contribution >= 0.6 is 15.9 Å². The molecular formula is C15H19BrN2O. The van der Waals surface area contributed by atoms with Gasteiger partial charge in [0.25, 0.3) is 0 Å². The van der Waals surface area contributed by atoms with Crippen LogP contribution in [0.1, 0.15) is 30.7 Å². The molecule has 1 aromatic heterocycles. The smallest absolute Gasteiger partial charge is 0.0974 e. The van der Waals surface area contributed by atoms with Gasteiger partial charge in [0.2, 0.25) is 0 Å². The van der Waals surface area contributed by atoms with Gasteiger partial charge >= 0.3 is 0 Å². The summed E-state index contributed by atoms with van der Waals surface area (Å²) >= 11 is 3.53. The van der Waals surface area contributed by atoms with Crippen molar-refractivity contribution in [3.63, 3.8) is 0 Å². The number of nitrogens with zero attached hydrogens (tertiary/aromatic N) is 2. The molecule has 1 aromatic rings. The first-order chi connectivity index (χ1) is 9.10. The molecule has 2 heterocycles. The van der Waals surface area contributed by atoms with Crippen LogP contribution in [0.25, 0.3) is 0 Å². The lowest BCUT2D eigenvalue weighted by Crippen LogP contribution is -2.13. The molecular weight excluding hydrogens is 304 g/mol. The fourth-order valence-electron chi connectivity index (χ4n) is 2.17. The van der Waals surface area contributed by atoms with Gasteiger partial charge in [-0.1, -0.05) is 11.8 Å². The number of pyridine rings is 1. The van der Waals surface area contributed by atoms with Crippen molar-refractivity contribution in [3.05, 3.63) is 28.0 Å². The van der Waals surface area contributed by atoms with Gasteiger partial charge in [-0.2, -0.15) is 0 Å². The van der Waals surface area contributed by atoms with E-state index in [0.717, 1.165) is 35.2 Å². The van der Waals surface area contributed by atoms with Gasteiger partial charge in [-0.3, -0.25) is 4.98 Å². The molecule has 1 aliphatic heterocycles. The number of methoxy groups -OCH3 is 1. The van der Waals surface area contributed by atoms with E-state index in [1.54, 1.807) is 7.11 Å². The van der Waals surface area contributed by atoms with Crippen LogP contribution in [0.15, 0.2) is 16.7 Å². The van der Waals surface area contributed by atoms with E-state index in [0.29, 0.717) is 5.92 Å². The van der Waals surface area contributed by atoms with Gasteiger partial charge in [0, 0.05) is 35.8 Å². The standard InChI is InChI=1S/C15H19BrN2O/c1-11(19-3)15-14(16)8-13(9-17-15)5-4-12-6-7-18(2)10-12/h8-9,11-12H,6-7,10H2,1-3H3/t11-,12-/m0/s1. The van der Waals surface area contributed by atoms with Crippen molar-refractivity contribution >= 4 is 15.9 Å². The zero-order chi connectivity index (χ0) is 13.8. The van der Waals surface area contributed by atoms with E-state index in [9.17, 15) is 0 Å². The summed E-state index contributed by atoms with van der Waals surface area (Å²) in [7, 11) is 3.82. The molecule has 1 aliphatic rings. The Morgan fingerprint density at radius 2 is 2.37 bits per heavy atom. The van der Waals surface area contributed by atoms with Crippen molar-refractivity contribution in [3.8, 4) is 11.8 Å². The van der Waals surface area contributed by atoms with Crippen molar-refractivity contribution < 1.29 is 4.74 Å². The van der Waals surface area contributed by atoms with Crippen molar-refractivity contribution in [2.24, 2.45) is 5.92 Å². The Balaban J connectivity index is 2.10. The van der Waals surface area contributed by atoms with Crippen molar-refractivity contribution in [1.82, 2.24) is 9.88 Å². The minimum Gasteiger partial charge on any atom is -0.375 e. The maximum absolute atomic E-state index is 5.28. The summed E-state index contributed by atoms with van der Waals surface area (Å²) < 4.78 is 6.23.